The van der Waals surface area contributed by atoms with Gasteiger partial charge in [0.2, 0.25) is 0 Å². The van der Waals surface area contributed by atoms with Crippen molar-refractivity contribution in [3.63, 3.8) is 0 Å². The number of nitrogens with zero attached hydrogens (tertiary/aromatic N) is 3. The third kappa shape index (κ3) is 3.22. The molecule has 1 aliphatic rings. The number of H-pyrrole nitrogens is 1. The Labute approximate surface area is 150 Å². The Hall–Kier alpha value is -2.47. The highest BCUT2D eigenvalue weighted by Gasteiger charge is 2.28. The number of amides is 1. The van der Waals surface area contributed by atoms with E-state index < -0.39 is 0 Å². The molecule has 5 nitrogen and oxygen atoms in total. The predicted octanol–water partition coefficient (Wildman–Crippen LogP) is 3.86. The fraction of sp³-hybridized carbons (Fsp3) is 0.316. The number of aromatic nitrogens is 3. The number of nitrogens with one attached hydrogen (secondary N) is 1. The van der Waals surface area contributed by atoms with Crippen molar-refractivity contribution in [2.45, 2.75) is 25.7 Å². The zero-order valence-corrected chi connectivity index (χ0v) is 14.9. The van der Waals surface area contributed by atoms with Crippen molar-refractivity contribution in [1.82, 2.24) is 20.1 Å². The maximum Gasteiger partial charge on any atom is 0.264 e. The van der Waals surface area contributed by atoms with E-state index in [1.807, 2.05) is 53.6 Å². The van der Waals surface area contributed by atoms with Crippen LogP contribution in [0.15, 0.2) is 41.8 Å². The SMILES string of the molecule is Cc1ccsc1C(=O)N1CCC[C@H](c2nc(-c3ccccc3)n[nH]2)C1. The predicted molar refractivity (Wildman–Crippen MR) is 98.8 cm³/mol. The number of carbonyl (C=O) groups excluding carboxylic acids is 1. The number of aryl methyl sites for hydroxylation is 1. The molecule has 1 N–H and O–H groups in total. The first-order valence-corrected chi connectivity index (χ1v) is 9.41. The Morgan fingerprint density at radius 2 is 2.12 bits per heavy atom. The Kier molecular flexibility index (Phi) is 4.36. The molecule has 1 aromatic carbocycles. The van der Waals surface area contributed by atoms with Gasteiger partial charge in [-0.25, -0.2) is 4.98 Å². The summed E-state index contributed by atoms with van der Waals surface area (Å²) in [6, 6.07) is 12.0. The van der Waals surface area contributed by atoms with E-state index in [0.717, 1.165) is 41.2 Å². The highest BCUT2D eigenvalue weighted by atomic mass is 32.1. The van der Waals surface area contributed by atoms with Crippen LogP contribution in [0.1, 0.15) is 39.8 Å². The number of rotatable bonds is 3. The van der Waals surface area contributed by atoms with Crippen molar-refractivity contribution in [2.24, 2.45) is 0 Å². The summed E-state index contributed by atoms with van der Waals surface area (Å²) < 4.78 is 0. The number of hydrogen-bond donors (Lipinski definition) is 1. The quantitative estimate of drug-likeness (QED) is 0.778. The van der Waals surface area contributed by atoms with Crippen molar-refractivity contribution < 1.29 is 4.79 Å². The highest BCUT2D eigenvalue weighted by molar-refractivity contribution is 7.12. The molecular formula is C19H20N4OS. The number of piperidine rings is 1. The van der Waals surface area contributed by atoms with E-state index in [0.29, 0.717) is 12.4 Å². The summed E-state index contributed by atoms with van der Waals surface area (Å²) in [5.74, 6) is 1.94. The molecule has 0 unspecified atom stereocenters. The van der Waals surface area contributed by atoms with Gasteiger partial charge in [-0.2, -0.15) is 5.10 Å². The molecule has 1 amide bonds. The van der Waals surface area contributed by atoms with E-state index in [4.69, 9.17) is 0 Å². The van der Waals surface area contributed by atoms with E-state index in [9.17, 15) is 4.79 Å². The molecule has 3 heterocycles. The second-order valence-electron chi connectivity index (χ2n) is 6.43. The molecule has 0 bridgehead atoms. The largest absolute Gasteiger partial charge is 0.337 e. The van der Waals surface area contributed by atoms with Gasteiger partial charge in [0.1, 0.15) is 5.82 Å². The number of benzene rings is 1. The normalized spacial score (nSPS) is 17.6. The van der Waals surface area contributed by atoms with Crippen molar-refractivity contribution in [2.75, 3.05) is 13.1 Å². The second kappa shape index (κ2) is 6.80. The lowest BCUT2D eigenvalue weighted by atomic mass is 9.97. The summed E-state index contributed by atoms with van der Waals surface area (Å²) in [7, 11) is 0. The first-order chi connectivity index (χ1) is 12.2. The Bertz CT molecular complexity index is 870. The van der Waals surface area contributed by atoms with E-state index in [1.54, 1.807) is 0 Å². The lowest BCUT2D eigenvalue weighted by Crippen LogP contribution is -2.39. The minimum atomic E-state index is 0.139. The molecule has 3 aromatic rings. The summed E-state index contributed by atoms with van der Waals surface area (Å²) >= 11 is 1.52. The van der Waals surface area contributed by atoms with Gasteiger partial charge in [-0.15, -0.1) is 11.3 Å². The van der Waals surface area contributed by atoms with Gasteiger partial charge in [-0.3, -0.25) is 9.89 Å². The Balaban J connectivity index is 1.51. The number of hydrogen-bond acceptors (Lipinski definition) is 4. The molecule has 25 heavy (non-hydrogen) atoms. The molecule has 1 atom stereocenters. The van der Waals surface area contributed by atoms with Gasteiger partial charge in [0, 0.05) is 24.6 Å². The fourth-order valence-electron chi connectivity index (χ4n) is 3.29. The van der Waals surface area contributed by atoms with Crippen LogP contribution in [0.4, 0.5) is 0 Å². The van der Waals surface area contributed by atoms with Crippen LogP contribution in [0, 0.1) is 6.92 Å². The van der Waals surface area contributed by atoms with Crippen molar-refractivity contribution >= 4 is 17.2 Å². The zero-order valence-electron chi connectivity index (χ0n) is 14.1. The summed E-state index contributed by atoms with van der Waals surface area (Å²) in [5, 5.41) is 9.42. The lowest BCUT2D eigenvalue weighted by molar-refractivity contribution is 0.0709. The number of carbonyl (C=O) groups is 1. The average Bonchev–Trinajstić information content (AvgIpc) is 3.31. The number of aromatic amines is 1. The van der Waals surface area contributed by atoms with E-state index in [1.165, 1.54) is 11.3 Å². The maximum atomic E-state index is 12.8. The van der Waals surface area contributed by atoms with Crippen LogP contribution in [0.5, 0.6) is 0 Å². The molecule has 0 radical (unpaired) electrons. The smallest absolute Gasteiger partial charge is 0.264 e. The van der Waals surface area contributed by atoms with Crippen LogP contribution >= 0.6 is 11.3 Å². The van der Waals surface area contributed by atoms with Crippen molar-refractivity contribution in [3.8, 4) is 11.4 Å². The summed E-state index contributed by atoms with van der Waals surface area (Å²) in [6.07, 6.45) is 2.01. The first-order valence-electron chi connectivity index (χ1n) is 8.53. The Morgan fingerprint density at radius 3 is 2.88 bits per heavy atom. The highest BCUT2D eigenvalue weighted by Crippen LogP contribution is 2.28. The molecule has 1 aliphatic heterocycles. The lowest BCUT2D eigenvalue weighted by Gasteiger charge is -2.31. The summed E-state index contributed by atoms with van der Waals surface area (Å²) in [5.41, 5.74) is 2.06. The molecule has 1 fully saturated rings. The second-order valence-corrected chi connectivity index (χ2v) is 7.35. The Morgan fingerprint density at radius 1 is 1.28 bits per heavy atom. The first kappa shape index (κ1) is 16.0. The zero-order chi connectivity index (χ0) is 17.2. The molecule has 128 valence electrons. The molecular weight excluding hydrogens is 332 g/mol. The molecule has 0 saturated carbocycles. The third-order valence-electron chi connectivity index (χ3n) is 4.69. The van der Waals surface area contributed by atoms with Gasteiger partial charge >= 0.3 is 0 Å². The van der Waals surface area contributed by atoms with Crippen LogP contribution < -0.4 is 0 Å². The molecule has 2 aromatic heterocycles. The summed E-state index contributed by atoms with van der Waals surface area (Å²) in [4.78, 5) is 20.3. The van der Waals surface area contributed by atoms with Gasteiger partial charge in [-0.05, 0) is 36.8 Å². The van der Waals surface area contributed by atoms with Crippen molar-refractivity contribution in [1.29, 1.82) is 0 Å². The van der Waals surface area contributed by atoms with E-state index in [-0.39, 0.29) is 11.8 Å². The molecule has 0 aliphatic carbocycles. The van der Waals surface area contributed by atoms with Crippen LogP contribution in [-0.4, -0.2) is 39.1 Å². The van der Waals surface area contributed by atoms with Crippen LogP contribution in [0.25, 0.3) is 11.4 Å². The third-order valence-corrected chi connectivity index (χ3v) is 5.69. The molecule has 1 saturated heterocycles. The average molecular weight is 352 g/mol. The van der Waals surface area contributed by atoms with Gasteiger partial charge < -0.3 is 4.90 Å². The molecule has 4 rings (SSSR count). The topological polar surface area (TPSA) is 61.9 Å². The number of likely N-dealkylation sites (tertiary alicyclic amines) is 1. The van der Waals surface area contributed by atoms with Gasteiger partial charge in [0.15, 0.2) is 5.82 Å². The minimum absolute atomic E-state index is 0.139. The monoisotopic (exact) mass is 352 g/mol. The van der Waals surface area contributed by atoms with Crippen LogP contribution in [0.2, 0.25) is 0 Å². The number of thiophene rings is 1. The standard InChI is InChI=1S/C19H20N4OS/c1-13-9-11-25-16(13)19(24)23-10-5-8-15(12-23)18-20-17(21-22-18)14-6-3-2-4-7-14/h2-4,6-7,9,11,15H,5,8,10,12H2,1H3,(H,20,21,22)/t15-/m0/s1. The minimum Gasteiger partial charge on any atom is -0.337 e. The van der Waals surface area contributed by atoms with E-state index >= 15 is 0 Å². The van der Waals surface area contributed by atoms with Crippen LogP contribution in [0.3, 0.4) is 0 Å². The van der Waals surface area contributed by atoms with Gasteiger partial charge in [0.05, 0.1) is 4.88 Å². The van der Waals surface area contributed by atoms with Crippen LogP contribution in [-0.2, 0) is 0 Å². The van der Waals surface area contributed by atoms with Crippen molar-refractivity contribution in [3.05, 3.63) is 58.0 Å². The summed E-state index contributed by atoms with van der Waals surface area (Å²) in [6.45, 7) is 3.50. The van der Waals surface area contributed by atoms with Gasteiger partial charge in [0.25, 0.3) is 5.91 Å². The fourth-order valence-corrected chi connectivity index (χ4v) is 4.19. The maximum absolute atomic E-state index is 12.8. The molecule has 0 spiro atoms. The molecule has 6 heteroatoms. The van der Waals surface area contributed by atoms with E-state index in [2.05, 4.69) is 15.2 Å². The van der Waals surface area contributed by atoms with Gasteiger partial charge in [-0.1, -0.05) is 30.3 Å².